The van der Waals surface area contributed by atoms with Gasteiger partial charge in [-0.15, -0.1) is 0 Å². The van der Waals surface area contributed by atoms with Crippen molar-refractivity contribution in [3.63, 3.8) is 0 Å². The molecule has 0 saturated heterocycles. The summed E-state index contributed by atoms with van der Waals surface area (Å²) in [6.45, 7) is 1.67. The van der Waals surface area contributed by atoms with Gasteiger partial charge in [0, 0.05) is 12.6 Å². The van der Waals surface area contributed by atoms with Gasteiger partial charge in [-0.05, 0) is 37.8 Å². The number of carbonyl (C=O) groups excluding carboxylic acids is 2. The van der Waals surface area contributed by atoms with Crippen molar-refractivity contribution in [1.29, 1.82) is 0 Å². The number of rotatable bonds is 5. The Labute approximate surface area is 137 Å². The fraction of sp³-hybridized carbons (Fsp3) is 0.533. The predicted molar refractivity (Wildman–Crippen MR) is 79.2 cm³/mol. The minimum absolute atomic E-state index is 0.0300. The Kier molecular flexibility index (Phi) is 4.59. The van der Waals surface area contributed by atoms with Gasteiger partial charge in [-0.1, -0.05) is 0 Å². The fourth-order valence-electron chi connectivity index (χ4n) is 2.72. The maximum absolute atomic E-state index is 12.4. The van der Waals surface area contributed by atoms with Crippen LogP contribution in [0.1, 0.15) is 58.0 Å². The number of esters is 2. The molecule has 0 bridgehead atoms. The third kappa shape index (κ3) is 3.15. The van der Waals surface area contributed by atoms with Crippen LogP contribution in [0.15, 0.2) is 4.52 Å². The molecule has 0 fully saturated rings. The number of carbonyl (C=O) groups is 2. The zero-order valence-electron chi connectivity index (χ0n) is 13.6. The summed E-state index contributed by atoms with van der Waals surface area (Å²) in [6, 6.07) is 0. The van der Waals surface area contributed by atoms with Gasteiger partial charge in [-0.2, -0.15) is 10.1 Å². The molecule has 2 heterocycles. The molecule has 1 aliphatic rings. The molecule has 0 spiro atoms. The van der Waals surface area contributed by atoms with Crippen LogP contribution in [0.25, 0.3) is 0 Å². The van der Waals surface area contributed by atoms with Crippen molar-refractivity contribution in [3.8, 4) is 0 Å². The number of aromatic nitrogens is 4. The van der Waals surface area contributed by atoms with Crippen molar-refractivity contribution in [2.24, 2.45) is 7.05 Å². The van der Waals surface area contributed by atoms with Gasteiger partial charge in [-0.3, -0.25) is 4.68 Å². The second-order valence-corrected chi connectivity index (χ2v) is 5.41. The lowest BCUT2D eigenvalue weighted by molar-refractivity contribution is 0.0414. The lowest BCUT2D eigenvalue weighted by atomic mass is 9.96. The maximum atomic E-state index is 12.4. The summed E-state index contributed by atoms with van der Waals surface area (Å²) in [5.41, 5.74) is 2.36. The van der Waals surface area contributed by atoms with E-state index in [-0.39, 0.29) is 24.9 Å². The van der Waals surface area contributed by atoms with E-state index in [0.717, 1.165) is 36.9 Å². The normalized spacial score (nSPS) is 13.4. The second kappa shape index (κ2) is 6.81. The van der Waals surface area contributed by atoms with Gasteiger partial charge in [0.15, 0.2) is 6.61 Å². The molecule has 128 valence electrons. The van der Waals surface area contributed by atoms with Gasteiger partial charge in [0.2, 0.25) is 0 Å². The van der Waals surface area contributed by atoms with Crippen LogP contribution in [0.3, 0.4) is 0 Å². The van der Waals surface area contributed by atoms with E-state index in [2.05, 4.69) is 15.2 Å². The molecule has 0 saturated carbocycles. The first-order valence-corrected chi connectivity index (χ1v) is 7.81. The number of nitrogens with zero attached hydrogens (tertiary/aromatic N) is 4. The van der Waals surface area contributed by atoms with Crippen LogP contribution in [0, 0.1) is 0 Å². The van der Waals surface area contributed by atoms with Crippen LogP contribution in [-0.2, 0) is 36.0 Å². The van der Waals surface area contributed by atoms with Crippen molar-refractivity contribution in [2.45, 2.75) is 39.2 Å². The molecule has 24 heavy (non-hydrogen) atoms. The van der Waals surface area contributed by atoms with Crippen LogP contribution < -0.4 is 0 Å². The summed E-state index contributed by atoms with van der Waals surface area (Å²) in [5.74, 6) is -1.34. The van der Waals surface area contributed by atoms with Crippen molar-refractivity contribution in [3.05, 3.63) is 28.7 Å². The molecule has 2 aromatic heterocycles. The number of ether oxygens (including phenoxy) is 2. The van der Waals surface area contributed by atoms with E-state index in [0.29, 0.717) is 5.69 Å². The van der Waals surface area contributed by atoms with Crippen LogP contribution in [0.5, 0.6) is 0 Å². The molecule has 0 aliphatic heterocycles. The van der Waals surface area contributed by atoms with E-state index in [1.54, 1.807) is 18.7 Å². The molecule has 3 rings (SSSR count). The number of fused-ring (bicyclic) bond motifs is 1. The topological polar surface area (TPSA) is 109 Å². The molecular weight excluding hydrogens is 316 g/mol. The third-order valence-corrected chi connectivity index (χ3v) is 3.77. The van der Waals surface area contributed by atoms with Crippen molar-refractivity contribution in [2.75, 3.05) is 6.61 Å². The highest BCUT2D eigenvalue weighted by atomic mass is 16.6. The molecule has 1 aliphatic carbocycles. The highest BCUT2D eigenvalue weighted by molar-refractivity contribution is 5.89. The molecule has 0 radical (unpaired) electrons. The summed E-state index contributed by atoms with van der Waals surface area (Å²) in [7, 11) is 1.72. The molecule has 0 N–H and O–H groups in total. The SMILES string of the molecule is CCOC(=O)c1noc(COC(=O)c2c3c(nn2C)CCCC3)n1. The van der Waals surface area contributed by atoms with Crippen LogP contribution >= 0.6 is 0 Å². The summed E-state index contributed by atoms with van der Waals surface area (Å²) >= 11 is 0. The Morgan fingerprint density at radius 1 is 1.21 bits per heavy atom. The van der Waals surface area contributed by atoms with Crippen LogP contribution in [0.4, 0.5) is 0 Å². The Morgan fingerprint density at radius 2 is 2.00 bits per heavy atom. The van der Waals surface area contributed by atoms with Crippen LogP contribution in [-0.4, -0.2) is 38.5 Å². The smallest absolute Gasteiger partial charge is 0.379 e. The first-order chi connectivity index (χ1) is 11.6. The number of hydrogen-bond acceptors (Lipinski definition) is 8. The summed E-state index contributed by atoms with van der Waals surface area (Å²) in [4.78, 5) is 27.7. The maximum Gasteiger partial charge on any atom is 0.379 e. The molecule has 0 amide bonds. The van der Waals surface area contributed by atoms with Crippen molar-refractivity contribution < 1.29 is 23.6 Å². The number of hydrogen-bond donors (Lipinski definition) is 0. The fourth-order valence-corrected chi connectivity index (χ4v) is 2.72. The monoisotopic (exact) mass is 334 g/mol. The zero-order chi connectivity index (χ0) is 17.1. The highest BCUT2D eigenvalue weighted by Crippen LogP contribution is 2.24. The molecule has 0 atom stereocenters. The summed E-state index contributed by atoms with van der Waals surface area (Å²) in [5, 5.41) is 7.87. The van der Waals surface area contributed by atoms with E-state index in [1.165, 1.54) is 0 Å². The average molecular weight is 334 g/mol. The zero-order valence-corrected chi connectivity index (χ0v) is 13.6. The molecule has 9 nitrogen and oxygen atoms in total. The van der Waals surface area contributed by atoms with Gasteiger partial charge in [0.25, 0.3) is 11.7 Å². The molecule has 0 unspecified atom stereocenters. The third-order valence-electron chi connectivity index (χ3n) is 3.77. The Hall–Kier alpha value is -2.71. The van der Waals surface area contributed by atoms with Crippen LogP contribution in [0.2, 0.25) is 0 Å². The van der Waals surface area contributed by atoms with Gasteiger partial charge in [-0.25, -0.2) is 9.59 Å². The van der Waals surface area contributed by atoms with Gasteiger partial charge in [0.1, 0.15) is 5.69 Å². The molecule has 9 heteroatoms. The van der Waals surface area contributed by atoms with Crippen molar-refractivity contribution in [1.82, 2.24) is 19.9 Å². The lowest BCUT2D eigenvalue weighted by Gasteiger charge is -2.10. The largest absolute Gasteiger partial charge is 0.460 e. The van der Waals surface area contributed by atoms with Gasteiger partial charge >= 0.3 is 11.9 Å². The van der Waals surface area contributed by atoms with E-state index in [4.69, 9.17) is 14.0 Å². The first kappa shape index (κ1) is 16.2. The Bertz CT molecular complexity index is 764. The average Bonchev–Trinajstić information content (AvgIpc) is 3.16. The summed E-state index contributed by atoms with van der Waals surface area (Å²) < 4.78 is 16.4. The van der Waals surface area contributed by atoms with E-state index in [9.17, 15) is 9.59 Å². The highest BCUT2D eigenvalue weighted by Gasteiger charge is 2.25. The first-order valence-electron chi connectivity index (χ1n) is 7.81. The number of aryl methyl sites for hydroxylation is 2. The van der Waals surface area contributed by atoms with E-state index >= 15 is 0 Å². The predicted octanol–water partition coefficient (Wildman–Crippen LogP) is 1.22. The Morgan fingerprint density at radius 3 is 2.79 bits per heavy atom. The lowest BCUT2D eigenvalue weighted by Crippen LogP contribution is -2.14. The van der Waals surface area contributed by atoms with E-state index < -0.39 is 11.9 Å². The Balaban J connectivity index is 1.66. The quantitative estimate of drug-likeness (QED) is 0.751. The molecular formula is C15H18N4O5. The van der Waals surface area contributed by atoms with Gasteiger partial charge in [0.05, 0.1) is 12.3 Å². The molecule has 2 aromatic rings. The van der Waals surface area contributed by atoms with E-state index in [1.807, 2.05) is 0 Å². The molecule has 0 aromatic carbocycles. The summed E-state index contributed by atoms with van der Waals surface area (Å²) in [6.07, 6.45) is 3.81. The minimum Gasteiger partial charge on any atom is -0.460 e. The van der Waals surface area contributed by atoms with Gasteiger partial charge < -0.3 is 14.0 Å². The van der Waals surface area contributed by atoms with Crippen molar-refractivity contribution >= 4 is 11.9 Å². The minimum atomic E-state index is -0.681. The standard InChI is InChI=1S/C15H18N4O5/c1-3-22-15(21)13-16-11(24-18-13)8-23-14(20)12-9-6-4-5-7-10(9)17-19(12)2/h3-8H2,1-2H3. The second-order valence-electron chi connectivity index (χ2n) is 5.41.